The molecule has 0 amide bonds. The molecule has 0 aromatic heterocycles. The molecule has 26 heavy (non-hydrogen) atoms. The van der Waals surface area contributed by atoms with Crippen LogP contribution >= 0.6 is 0 Å². The van der Waals surface area contributed by atoms with E-state index in [-0.39, 0.29) is 10.6 Å². The van der Waals surface area contributed by atoms with Crippen LogP contribution in [0.25, 0.3) is 11.1 Å². The zero-order chi connectivity index (χ0) is 19.3. The average Bonchev–Trinajstić information content (AvgIpc) is 2.60. The Morgan fingerprint density at radius 1 is 1.19 bits per heavy atom. The lowest BCUT2D eigenvalue weighted by atomic mass is 9.98. The molecule has 7 nitrogen and oxygen atoms in total. The van der Waals surface area contributed by atoms with Crippen LogP contribution in [0.1, 0.15) is 11.1 Å². The van der Waals surface area contributed by atoms with Crippen LogP contribution in [0, 0.1) is 18.3 Å². The van der Waals surface area contributed by atoms with Gasteiger partial charge in [-0.1, -0.05) is 6.07 Å². The second kappa shape index (κ2) is 7.99. The van der Waals surface area contributed by atoms with E-state index in [1.54, 1.807) is 13.0 Å². The molecule has 2 N–H and O–H groups in total. The van der Waals surface area contributed by atoms with Crippen molar-refractivity contribution < 1.29 is 28.2 Å². The standard InChI is InChI=1S/C18H17NO6S/c1-12-2-4-14(26(23,24)7-6-20)9-15(12)16-8-13(10-19)3-5-17(16)25-11-18(21)22/h2-5,8-9,20H,6-7,11H2,1H3,(H,21,22). The lowest BCUT2D eigenvalue weighted by Crippen LogP contribution is -2.11. The number of sulfone groups is 1. The Morgan fingerprint density at radius 2 is 1.92 bits per heavy atom. The van der Waals surface area contributed by atoms with Crippen molar-refractivity contribution in [2.75, 3.05) is 19.0 Å². The van der Waals surface area contributed by atoms with Crippen LogP contribution in [0.5, 0.6) is 5.75 Å². The summed E-state index contributed by atoms with van der Waals surface area (Å²) in [5.74, 6) is -1.33. The van der Waals surface area contributed by atoms with Crippen LogP contribution in [-0.2, 0) is 14.6 Å². The molecule has 0 fully saturated rings. The van der Waals surface area contributed by atoms with E-state index >= 15 is 0 Å². The van der Waals surface area contributed by atoms with Gasteiger partial charge in [0.15, 0.2) is 16.4 Å². The smallest absolute Gasteiger partial charge is 0.341 e. The predicted molar refractivity (Wildman–Crippen MR) is 93.6 cm³/mol. The number of rotatable bonds is 7. The van der Waals surface area contributed by atoms with Gasteiger partial charge in [-0.25, -0.2) is 13.2 Å². The largest absolute Gasteiger partial charge is 0.481 e. The number of nitriles is 1. The van der Waals surface area contributed by atoms with Gasteiger partial charge in [0, 0.05) is 5.56 Å². The van der Waals surface area contributed by atoms with Crippen LogP contribution < -0.4 is 4.74 Å². The number of nitrogens with zero attached hydrogens (tertiary/aromatic N) is 1. The third kappa shape index (κ3) is 4.39. The maximum absolute atomic E-state index is 12.2. The van der Waals surface area contributed by atoms with E-state index in [0.717, 1.165) is 5.56 Å². The van der Waals surface area contributed by atoms with E-state index in [0.29, 0.717) is 16.7 Å². The molecule has 0 aliphatic rings. The van der Waals surface area contributed by atoms with Gasteiger partial charge in [-0.2, -0.15) is 5.26 Å². The monoisotopic (exact) mass is 375 g/mol. The fourth-order valence-electron chi connectivity index (χ4n) is 2.40. The van der Waals surface area contributed by atoms with Crippen molar-refractivity contribution >= 4 is 15.8 Å². The number of carboxylic acids is 1. The number of benzene rings is 2. The van der Waals surface area contributed by atoms with Crippen molar-refractivity contribution in [3.05, 3.63) is 47.5 Å². The van der Waals surface area contributed by atoms with Crippen LogP contribution in [-0.4, -0.2) is 43.6 Å². The Balaban J connectivity index is 2.62. The maximum Gasteiger partial charge on any atom is 0.341 e. The molecule has 2 aromatic carbocycles. The Labute approximate surface area is 151 Å². The summed E-state index contributed by atoms with van der Waals surface area (Å²) in [6, 6.07) is 11.0. The Hall–Kier alpha value is -2.89. The zero-order valence-electron chi connectivity index (χ0n) is 14.0. The molecular weight excluding hydrogens is 358 g/mol. The van der Waals surface area contributed by atoms with E-state index < -0.39 is 34.8 Å². The summed E-state index contributed by atoms with van der Waals surface area (Å²) in [7, 11) is -3.66. The van der Waals surface area contributed by atoms with Gasteiger partial charge in [0.05, 0.1) is 28.9 Å². The van der Waals surface area contributed by atoms with E-state index in [9.17, 15) is 13.2 Å². The fourth-order valence-corrected chi connectivity index (χ4v) is 3.45. The quantitative estimate of drug-likeness (QED) is 0.755. The molecule has 0 atom stereocenters. The molecule has 0 saturated heterocycles. The average molecular weight is 375 g/mol. The molecule has 8 heteroatoms. The molecule has 2 aromatic rings. The molecule has 136 valence electrons. The second-order valence-electron chi connectivity index (χ2n) is 5.52. The number of hydrogen-bond donors (Lipinski definition) is 2. The third-order valence-electron chi connectivity index (χ3n) is 3.68. The van der Waals surface area contributed by atoms with Crippen molar-refractivity contribution in [3.63, 3.8) is 0 Å². The number of ether oxygens (including phenoxy) is 1. The molecule has 2 rings (SSSR count). The van der Waals surface area contributed by atoms with Crippen molar-refractivity contribution in [3.8, 4) is 22.9 Å². The van der Waals surface area contributed by atoms with Gasteiger partial charge in [-0.3, -0.25) is 0 Å². The summed E-state index contributed by atoms with van der Waals surface area (Å²) >= 11 is 0. The maximum atomic E-state index is 12.2. The van der Waals surface area contributed by atoms with E-state index in [4.69, 9.17) is 20.2 Å². The highest BCUT2D eigenvalue weighted by Crippen LogP contribution is 2.35. The van der Waals surface area contributed by atoms with Gasteiger partial charge >= 0.3 is 5.97 Å². The van der Waals surface area contributed by atoms with Gasteiger partial charge in [0.2, 0.25) is 0 Å². The highest BCUT2D eigenvalue weighted by atomic mass is 32.2. The fraction of sp³-hybridized carbons (Fsp3) is 0.222. The summed E-state index contributed by atoms with van der Waals surface area (Å²) in [4.78, 5) is 10.8. The van der Waals surface area contributed by atoms with Gasteiger partial charge in [-0.15, -0.1) is 0 Å². The van der Waals surface area contributed by atoms with Crippen LogP contribution in [0.4, 0.5) is 0 Å². The number of aliphatic hydroxyl groups is 1. The van der Waals surface area contributed by atoms with Gasteiger partial charge < -0.3 is 14.9 Å². The summed E-state index contributed by atoms with van der Waals surface area (Å²) in [5.41, 5.74) is 1.97. The molecule has 0 aliphatic heterocycles. The Kier molecular flexibility index (Phi) is 5.97. The highest BCUT2D eigenvalue weighted by Gasteiger charge is 2.18. The van der Waals surface area contributed by atoms with Crippen LogP contribution in [0.2, 0.25) is 0 Å². The summed E-state index contributed by atoms with van der Waals surface area (Å²) < 4.78 is 29.7. The summed E-state index contributed by atoms with van der Waals surface area (Å²) in [6.45, 7) is 0.695. The van der Waals surface area contributed by atoms with E-state index in [2.05, 4.69) is 0 Å². The minimum atomic E-state index is -3.66. The number of carbonyl (C=O) groups is 1. The van der Waals surface area contributed by atoms with E-state index in [1.807, 2.05) is 6.07 Å². The normalized spacial score (nSPS) is 11.0. The molecule has 0 aliphatic carbocycles. The zero-order valence-corrected chi connectivity index (χ0v) is 14.8. The minimum absolute atomic E-state index is 0.0266. The molecule has 0 unspecified atom stereocenters. The van der Waals surface area contributed by atoms with Gasteiger partial charge in [-0.05, 0) is 48.4 Å². The van der Waals surface area contributed by atoms with Crippen LogP contribution in [0.15, 0.2) is 41.3 Å². The Bertz CT molecular complexity index is 976. The number of hydrogen-bond acceptors (Lipinski definition) is 6. The number of aliphatic carboxylic acids is 1. The number of aliphatic hydroxyl groups excluding tert-OH is 1. The molecule has 0 radical (unpaired) electrons. The topological polar surface area (TPSA) is 125 Å². The lowest BCUT2D eigenvalue weighted by Gasteiger charge is -2.14. The second-order valence-corrected chi connectivity index (χ2v) is 7.63. The lowest BCUT2D eigenvalue weighted by molar-refractivity contribution is -0.139. The predicted octanol–water partition coefficient (Wildman–Crippen LogP) is 1.76. The van der Waals surface area contributed by atoms with Crippen molar-refractivity contribution in [2.24, 2.45) is 0 Å². The SMILES string of the molecule is Cc1ccc(S(=O)(=O)CCO)cc1-c1cc(C#N)ccc1OCC(=O)O. The Morgan fingerprint density at radius 3 is 2.54 bits per heavy atom. The number of carboxylic acid groups (broad SMARTS) is 1. The molecule has 0 bridgehead atoms. The molecule has 0 saturated carbocycles. The number of aryl methyl sites for hydroxylation is 1. The van der Waals surface area contributed by atoms with Crippen molar-refractivity contribution in [1.29, 1.82) is 5.26 Å². The highest BCUT2D eigenvalue weighted by molar-refractivity contribution is 7.91. The first kappa shape index (κ1) is 19.4. The first-order valence-corrected chi connectivity index (χ1v) is 9.27. The first-order chi connectivity index (χ1) is 12.3. The van der Waals surface area contributed by atoms with Gasteiger partial charge in [0.1, 0.15) is 5.75 Å². The molecular formula is C18H17NO6S. The van der Waals surface area contributed by atoms with Gasteiger partial charge in [0.25, 0.3) is 0 Å². The molecule has 0 heterocycles. The van der Waals surface area contributed by atoms with Crippen molar-refractivity contribution in [1.82, 2.24) is 0 Å². The van der Waals surface area contributed by atoms with E-state index in [1.165, 1.54) is 30.3 Å². The minimum Gasteiger partial charge on any atom is -0.481 e. The third-order valence-corrected chi connectivity index (χ3v) is 5.37. The summed E-state index contributed by atoms with van der Waals surface area (Å²) in [5, 5.41) is 26.9. The van der Waals surface area contributed by atoms with Crippen LogP contribution in [0.3, 0.4) is 0 Å². The summed E-state index contributed by atoms with van der Waals surface area (Å²) in [6.07, 6.45) is 0. The first-order valence-electron chi connectivity index (χ1n) is 7.62. The molecule has 0 spiro atoms. The van der Waals surface area contributed by atoms with Crippen molar-refractivity contribution in [2.45, 2.75) is 11.8 Å².